The Morgan fingerprint density at radius 2 is 2.26 bits per heavy atom. The number of amides is 2. The molecule has 0 radical (unpaired) electrons. The zero-order valence-electron chi connectivity index (χ0n) is 10.8. The van der Waals surface area contributed by atoms with Crippen LogP contribution in [0, 0.1) is 0 Å². The minimum atomic E-state index is -0.331. The van der Waals surface area contributed by atoms with Crippen molar-refractivity contribution >= 4 is 39.1 Å². The summed E-state index contributed by atoms with van der Waals surface area (Å²) in [4.78, 5) is 26.3. The average molecular weight is 345 g/mol. The molecule has 1 aromatic rings. The Balaban J connectivity index is 1.80. The minimum Gasteiger partial charge on any atom is -0.305 e. The van der Waals surface area contributed by atoms with E-state index >= 15 is 0 Å². The van der Waals surface area contributed by atoms with E-state index in [9.17, 15) is 9.59 Å². The molecule has 1 fully saturated rings. The van der Waals surface area contributed by atoms with Crippen LogP contribution in [0.5, 0.6) is 0 Å². The van der Waals surface area contributed by atoms with Crippen LogP contribution >= 0.6 is 27.3 Å². The molecule has 0 aromatic carbocycles. The van der Waals surface area contributed by atoms with Gasteiger partial charge in [0, 0.05) is 18.0 Å². The number of carbonyl (C=O) groups excluding carboxylic acids is 2. The lowest BCUT2D eigenvalue weighted by molar-refractivity contribution is -0.138. The molecule has 1 atom stereocenters. The minimum absolute atomic E-state index is 0.0526. The van der Waals surface area contributed by atoms with E-state index in [4.69, 9.17) is 0 Å². The molecule has 2 amide bonds. The van der Waals surface area contributed by atoms with Crippen molar-refractivity contribution in [1.29, 1.82) is 0 Å². The van der Waals surface area contributed by atoms with Gasteiger partial charge >= 0.3 is 0 Å². The molecule has 6 heteroatoms. The first-order valence-electron chi connectivity index (χ1n) is 6.43. The summed E-state index contributed by atoms with van der Waals surface area (Å²) in [5, 5.41) is 3.19. The highest BCUT2D eigenvalue weighted by Gasteiger charge is 2.37. The molecule has 1 N–H and O–H groups in total. The summed E-state index contributed by atoms with van der Waals surface area (Å²) < 4.78 is 1.11. The Kier molecular flexibility index (Phi) is 5.13. The third-order valence-electron chi connectivity index (χ3n) is 3.08. The standard InChI is InChI=1S/C13H17BrN2O2S/c1-2-7-16-12(17)8-10(13(16)18)15-6-5-9-3-4-11(14)19-9/h3-4,10,15H,2,5-8H2,1H3. The highest BCUT2D eigenvalue weighted by molar-refractivity contribution is 9.11. The third-order valence-corrected chi connectivity index (χ3v) is 4.77. The van der Waals surface area contributed by atoms with Crippen LogP contribution in [0.15, 0.2) is 15.9 Å². The SMILES string of the molecule is CCCN1C(=O)CC(NCCc2ccc(Br)s2)C1=O. The van der Waals surface area contributed by atoms with Crippen molar-refractivity contribution in [3.05, 3.63) is 20.8 Å². The molecule has 0 bridgehead atoms. The van der Waals surface area contributed by atoms with Crippen molar-refractivity contribution < 1.29 is 9.59 Å². The second kappa shape index (κ2) is 6.63. The molecule has 1 aliphatic rings. The van der Waals surface area contributed by atoms with Crippen LogP contribution in [0.4, 0.5) is 0 Å². The monoisotopic (exact) mass is 344 g/mol. The molecule has 1 saturated heterocycles. The summed E-state index contributed by atoms with van der Waals surface area (Å²) in [5.41, 5.74) is 0. The van der Waals surface area contributed by atoms with Crippen LogP contribution in [-0.4, -0.2) is 35.8 Å². The van der Waals surface area contributed by atoms with Gasteiger partial charge in [0.1, 0.15) is 0 Å². The summed E-state index contributed by atoms with van der Waals surface area (Å²) in [6.07, 6.45) is 1.99. The summed E-state index contributed by atoms with van der Waals surface area (Å²) in [7, 11) is 0. The van der Waals surface area contributed by atoms with E-state index in [-0.39, 0.29) is 17.9 Å². The Morgan fingerprint density at radius 3 is 2.89 bits per heavy atom. The predicted molar refractivity (Wildman–Crippen MR) is 79.1 cm³/mol. The summed E-state index contributed by atoms with van der Waals surface area (Å²) in [5.74, 6) is -0.123. The molecule has 4 nitrogen and oxygen atoms in total. The van der Waals surface area contributed by atoms with E-state index in [0.717, 1.165) is 23.2 Å². The van der Waals surface area contributed by atoms with Crippen molar-refractivity contribution in [2.45, 2.75) is 32.2 Å². The lowest BCUT2D eigenvalue weighted by Crippen LogP contribution is -2.39. The van der Waals surface area contributed by atoms with E-state index in [2.05, 4.69) is 27.3 Å². The number of hydrogen-bond acceptors (Lipinski definition) is 4. The number of hydrogen-bond donors (Lipinski definition) is 1. The fraction of sp³-hybridized carbons (Fsp3) is 0.538. The van der Waals surface area contributed by atoms with Gasteiger partial charge in [0.2, 0.25) is 11.8 Å². The predicted octanol–water partition coefficient (Wildman–Crippen LogP) is 2.18. The van der Waals surface area contributed by atoms with E-state index in [1.54, 1.807) is 11.3 Å². The zero-order chi connectivity index (χ0) is 13.8. The van der Waals surface area contributed by atoms with E-state index in [1.807, 2.05) is 13.0 Å². The molecular weight excluding hydrogens is 328 g/mol. The normalized spacial score (nSPS) is 19.5. The molecular formula is C13H17BrN2O2S. The molecule has 0 saturated carbocycles. The molecule has 0 spiro atoms. The average Bonchev–Trinajstić information content (AvgIpc) is 2.89. The Morgan fingerprint density at radius 1 is 1.47 bits per heavy atom. The van der Waals surface area contributed by atoms with Crippen LogP contribution in [0.25, 0.3) is 0 Å². The van der Waals surface area contributed by atoms with Crippen molar-refractivity contribution in [3.63, 3.8) is 0 Å². The maximum absolute atomic E-state index is 12.0. The van der Waals surface area contributed by atoms with Crippen LogP contribution in [0.1, 0.15) is 24.6 Å². The first-order valence-corrected chi connectivity index (χ1v) is 8.04. The molecule has 1 aliphatic heterocycles. The fourth-order valence-corrected chi connectivity index (χ4v) is 3.64. The number of likely N-dealkylation sites (tertiary alicyclic amines) is 1. The van der Waals surface area contributed by atoms with Crippen molar-refractivity contribution in [1.82, 2.24) is 10.2 Å². The Labute approximate surface area is 125 Å². The number of halogens is 1. The highest BCUT2D eigenvalue weighted by Crippen LogP contribution is 2.22. The van der Waals surface area contributed by atoms with E-state index in [1.165, 1.54) is 9.78 Å². The van der Waals surface area contributed by atoms with Crippen LogP contribution < -0.4 is 5.32 Å². The Bertz CT molecular complexity index is 475. The second-order valence-electron chi connectivity index (χ2n) is 4.55. The summed E-state index contributed by atoms with van der Waals surface area (Å²) >= 11 is 5.12. The number of rotatable bonds is 6. The lowest BCUT2D eigenvalue weighted by atomic mass is 10.2. The third kappa shape index (κ3) is 3.64. The molecule has 2 rings (SSSR count). The van der Waals surface area contributed by atoms with Gasteiger partial charge < -0.3 is 5.32 Å². The molecule has 19 heavy (non-hydrogen) atoms. The van der Waals surface area contributed by atoms with E-state index in [0.29, 0.717) is 13.0 Å². The van der Waals surface area contributed by atoms with Gasteiger partial charge in [-0.15, -0.1) is 11.3 Å². The van der Waals surface area contributed by atoms with Crippen LogP contribution in [0.2, 0.25) is 0 Å². The van der Waals surface area contributed by atoms with E-state index < -0.39 is 0 Å². The quantitative estimate of drug-likeness (QED) is 0.804. The van der Waals surface area contributed by atoms with Gasteiger partial charge in [0.05, 0.1) is 16.2 Å². The maximum Gasteiger partial charge on any atom is 0.246 e. The number of carbonyl (C=O) groups is 2. The number of thiophene rings is 1. The first-order chi connectivity index (χ1) is 9.11. The largest absolute Gasteiger partial charge is 0.305 e. The van der Waals surface area contributed by atoms with Crippen molar-refractivity contribution in [2.24, 2.45) is 0 Å². The van der Waals surface area contributed by atoms with Gasteiger partial charge in [0.25, 0.3) is 0 Å². The number of nitrogens with zero attached hydrogens (tertiary/aromatic N) is 1. The zero-order valence-corrected chi connectivity index (χ0v) is 13.2. The number of imide groups is 1. The van der Waals surface area contributed by atoms with Crippen LogP contribution in [0.3, 0.4) is 0 Å². The van der Waals surface area contributed by atoms with Gasteiger partial charge in [0.15, 0.2) is 0 Å². The Hall–Kier alpha value is -0.720. The molecule has 0 aliphatic carbocycles. The van der Waals surface area contributed by atoms with Crippen molar-refractivity contribution in [3.8, 4) is 0 Å². The van der Waals surface area contributed by atoms with Gasteiger partial charge in [-0.05, 0) is 40.9 Å². The van der Waals surface area contributed by atoms with Gasteiger partial charge in [-0.1, -0.05) is 6.92 Å². The molecule has 2 heterocycles. The van der Waals surface area contributed by atoms with Gasteiger partial charge in [-0.3, -0.25) is 14.5 Å². The topological polar surface area (TPSA) is 49.4 Å². The van der Waals surface area contributed by atoms with Crippen molar-refractivity contribution in [2.75, 3.05) is 13.1 Å². The fourth-order valence-electron chi connectivity index (χ4n) is 2.16. The van der Waals surface area contributed by atoms with Gasteiger partial charge in [-0.2, -0.15) is 0 Å². The van der Waals surface area contributed by atoms with Crippen LogP contribution in [-0.2, 0) is 16.0 Å². The summed E-state index contributed by atoms with van der Waals surface area (Å²) in [6, 6.07) is 3.76. The maximum atomic E-state index is 12.0. The number of nitrogens with one attached hydrogen (secondary N) is 1. The lowest BCUT2D eigenvalue weighted by Gasteiger charge is -2.14. The molecule has 104 valence electrons. The smallest absolute Gasteiger partial charge is 0.246 e. The first kappa shape index (κ1) is 14.7. The summed E-state index contributed by atoms with van der Waals surface area (Å²) in [6.45, 7) is 3.22. The highest BCUT2D eigenvalue weighted by atomic mass is 79.9. The second-order valence-corrected chi connectivity index (χ2v) is 7.10. The van der Waals surface area contributed by atoms with Gasteiger partial charge in [-0.25, -0.2) is 0 Å². The molecule has 1 aromatic heterocycles. The molecule has 1 unspecified atom stereocenters.